The Labute approximate surface area is 205 Å². The maximum Gasteiger partial charge on any atom is 0.237 e. The Morgan fingerprint density at radius 1 is 1.24 bits per heavy atom. The SMILES string of the molecule is CCC[C@@H]1C[C@@H](C(=O)N[C@@H]([C@H]2O[C@H](Sc3ccc(OC)cc3)[C@H](O)[C@@H](O)[C@H]2O)[C@@H](C)O)N(C)C1. The van der Waals surface area contributed by atoms with Crippen molar-refractivity contribution < 1.29 is 34.7 Å². The molecule has 0 unspecified atom stereocenters. The van der Waals surface area contributed by atoms with Crippen molar-refractivity contribution in [2.75, 3.05) is 20.7 Å². The van der Waals surface area contributed by atoms with Gasteiger partial charge >= 0.3 is 0 Å². The lowest BCUT2D eigenvalue weighted by Crippen LogP contribution is -2.65. The first-order valence-corrected chi connectivity index (χ1v) is 12.7. The Morgan fingerprint density at radius 3 is 2.50 bits per heavy atom. The van der Waals surface area contributed by atoms with Crippen molar-refractivity contribution in [1.29, 1.82) is 0 Å². The molecule has 2 saturated heterocycles. The third kappa shape index (κ3) is 6.23. The van der Waals surface area contributed by atoms with Crippen molar-refractivity contribution in [3.8, 4) is 5.75 Å². The summed E-state index contributed by atoms with van der Waals surface area (Å²) in [6.45, 7) is 4.46. The number of aliphatic hydroxyl groups is 4. The van der Waals surface area contributed by atoms with Crippen LogP contribution >= 0.6 is 11.8 Å². The summed E-state index contributed by atoms with van der Waals surface area (Å²) in [4.78, 5) is 15.9. The third-order valence-corrected chi connectivity index (χ3v) is 7.90. The number of nitrogens with zero attached hydrogens (tertiary/aromatic N) is 1. The van der Waals surface area contributed by atoms with Gasteiger partial charge in [0.05, 0.1) is 25.3 Å². The number of benzene rings is 1. The molecule has 1 aromatic rings. The maximum absolute atomic E-state index is 13.1. The van der Waals surface area contributed by atoms with E-state index in [0.29, 0.717) is 11.7 Å². The van der Waals surface area contributed by atoms with Crippen molar-refractivity contribution >= 4 is 17.7 Å². The number of ether oxygens (including phenoxy) is 2. The van der Waals surface area contributed by atoms with Crippen LogP contribution in [0.1, 0.15) is 33.1 Å². The second-order valence-electron chi connectivity index (χ2n) is 9.35. The van der Waals surface area contributed by atoms with E-state index in [1.807, 2.05) is 11.9 Å². The molecule has 0 spiro atoms. The molecule has 10 heteroatoms. The third-order valence-electron chi connectivity index (χ3n) is 6.74. The second kappa shape index (κ2) is 12.0. The highest BCUT2D eigenvalue weighted by atomic mass is 32.2. The predicted octanol–water partition coefficient (Wildman–Crippen LogP) is 0.581. The molecule has 9 atom stereocenters. The standard InChI is InChI=1S/C24H38N2O7S/c1-5-6-14-11-17(26(3)12-14)23(31)25-18(13(2)27)22-20(29)19(28)21(30)24(33-22)34-16-9-7-15(32-4)8-10-16/h7-10,13-14,17-22,24,27-30H,5-6,11-12H2,1-4H3,(H,25,31)/t13-,14-,17+,18-,19+,20-,21-,22-,24-/m1/s1. The maximum atomic E-state index is 13.1. The van der Waals surface area contributed by atoms with Crippen LogP contribution in [0.4, 0.5) is 0 Å². The van der Waals surface area contributed by atoms with E-state index >= 15 is 0 Å². The van der Waals surface area contributed by atoms with Crippen LogP contribution in [0.15, 0.2) is 29.2 Å². The molecule has 2 aliphatic rings. The van der Waals surface area contributed by atoms with Crippen LogP contribution in [0.3, 0.4) is 0 Å². The lowest BCUT2D eigenvalue weighted by molar-refractivity contribution is -0.211. The van der Waals surface area contributed by atoms with Gasteiger partial charge in [-0.3, -0.25) is 9.69 Å². The number of methoxy groups -OCH3 is 1. The second-order valence-corrected chi connectivity index (χ2v) is 10.5. The molecule has 2 fully saturated rings. The van der Waals surface area contributed by atoms with E-state index in [1.54, 1.807) is 31.4 Å². The van der Waals surface area contributed by atoms with Gasteiger partial charge in [0.2, 0.25) is 5.91 Å². The van der Waals surface area contributed by atoms with Crippen molar-refractivity contribution in [3.05, 3.63) is 24.3 Å². The number of thioether (sulfide) groups is 1. The van der Waals surface area contributed by atoms with Gasteiger partial charge in [-0.15, -0.1) is 0 Å². The smallest absolute Gasteiger partial charge is 0.237 e. The molecule has 0 bridgehead atoms. The van der Waals surface area contributed by atoms with E-state index in [1.165, 1.54) is 18.7 Å². The number of aliphatic hydroxyl groups excluding tert-OH is 4. The summed E-state index contributed by atoms with van der Waals surface area (Å²) in [6.07, 6.45) is -3.70. The van der Waals surface area contributed by atoms with Crippen molar-refractivity contribution in [2.24, 2.45) is 5.92 Å². The molecule has 0 aliphatic carbocycles. The van der Waals surface area contributed by atoms with Crippen LogP contribution in [0.5, 0.6) is 5.75 Å². The Hall–Kier alpha value is -1.40. The summed E-state index contributed by atoms with van der Waals surface area (Å²) in [7, 11) is 3.47. The zero-order valence-electron chi connectivity index (χ0n) is 20.2. The van der Waals surface area contributed by atoms with Crippen LogP contribution in [-0.2, 0) is 9.53 Å². The van der Waals surface area contributed by atoms with Crippen LogP contribution < -0.4 is 10.1 Å². The minimum absolute atomic E-state index is 0.247. The van der Waals surface area contributed by atoms with E-state index in [-0.39, 0.29) is 11.9 Å². The van der Waals surface area contributed by atoms with Gasteiger partial charge in [-0.1, -0.05) is 25.1 Å². The van der Waals surface area contributed by atoms with E-state index in [9.17, 15) is 25.2 Å². The number of rotatable bonds is 9. The molecule has 5 N–H and O–H groups in total. The van der Waals surface area contributed by atoms with E-state index in [2.05, 4.69) is 12.2 Å². The van der Waals surface area contributed by atoms with Gasteiger partial charge < -0.3 is 35.2 Å². The molecule has 0 saturated carbocycles. The highest BCUT2D eigenvalue weighted by molar-refractivity contribution is 7.99. The molecule has 0 aromatic heterocycles. The van der Waals surface area contributed by atoms with E-state index in [0.717, 1.165) is 30.7 Å². The highest BCUT2D eigenvalue weighted by Crippen LogP contribution is 2.35. The summed E-state index contributed by atoms with van der Waals surface area (Å²) in [5, 5.41) is 45.1. The molecule has 192 valence electrons. The van der Waals surface area contributed by atoms with Crippen LogP contribution in [0.25, 0.3) is 0 Å². The topological polar surface area (TPSA) is 132 Å². The van der Waals surface area contributed by atoms with Gasteiger partial charge in [-0.25, -0.2) is 0 Å². The number of amides is 1. The first-order chi connectivity index (χ1) is 16.2. The quantitative estimate of drug-likeness (QED) is 0.332. The van der Waals surface area contributed by atoms with Crippen molar-refractivity contribution in [1.82, 2.24) is 10.2 Å². The number of carbonyl (C=O) groups is 1. The van der Waals surface area contributed by atoms with Crippen LogP contribution in [0.2, 0.25) is 0 Å². The molecule has 9 nitrogen and oxygen atoms in total. The molecule has 1 amide bonds. The van der Waals surface area contributed by atoms with Gasteiger partial charge in [0.25, 0.3) is 0 Å². The lowest BCUT2D eigenvalue weighted by Gasteiger charge is -2.44. The summed E-state index contributed by atoms with van der Waals surface area (Å²) < 4.78 is 11.2. The molecule has 1 aromatic carbocycles. The van der Waals surface area contributed by atoms with Crippen LogP contribution in [-0.4, -0.2) is 100.0 Å². The largest absolute Gasteiger partial charge is 0.497 e. The zero-order valence-corrected chi connectivity index (χ0v) is 21.0. The molecular formula is C24H38N2O7S. The molecular weight excluding hydrogens is 460 g/mol. The van der Waals surface area contributed by atoms with Gasteiger partial charge in [-0.2, -0.15) is 0 Å². The number of likely N-dealkylation sites (N-methyl/N-ethyl adjacent to an activating group) is 1. The van der Waals surface area contributed by atoms with Crippen molar-refractivity contribution in [3.63, 3.8) is 0 Å². The molecule has 2 heterocycles. The average molecular weight is 499 g/mol. The van der Waals surface area contributed by atoms with Gasteiger partial charge in [-0.05, 0) is 57.0 Å². The van der Waals surface area contributed by atoms with Crippen molar-refractivity contribution in [2.45, 2.75) is 86.0 Å². The zero-order chi connectivity index (χ0) is 25.0. The molecule has 2 aliphatic heterocycles. The first-order valence-electron chi connectivity index (χ1n) is 11.8. The minimum atomic E-state index is -1.50. The Bertz CT molecular complexity index is 796. The number of hydrogen-bond donors (Lipinski definition) is 5. The predicted molar refractivity (Wildman–Crippen MR) is 129 cm³/mol. The fraction of sp³-hybridized carbons (Fsp3) is 0.708. The monoisotopic (exact) mass is 498 g/mol. The molecule has 3 rings (SSSR count). The molecule has 34 heavy (non-hydrogen) atoms. The summed E-state index contributed by atoms with van der Waals surface area (Å²) in [6, 6.07) is 5.82. The summed E-state index contributed by atoms with van der Waals surface area (Å²) >= 11 is 1.18. The highest BCUT2D eigenvalue weighted by Gasteiger charge is 2.49. The Balaban J connectivity index is 1.73. The molecule has 0 radical (unpaired) electrons. The Kier molecular flexibility index (Phi) is 9.62. The van der Waals surface area contributed by atoms with Gasteiger partial charge in [0.15, 0.2) is 0 Å². The van der Waals surface area contributed by atoms with Gasteiger partial charge in [0.1, 0.15) is 35.6 Å². The number of nitrogens with one attached hydrogen (secondary N) is 1. The average Bonchev–Trinajstić information content (AvgIpc) is 3.18. The fourth-order valence-corrected chi connectivity index (χ4v) is 5.87. The first kappa shape index (κ1) is 27.2. The van der Waals surface area contributed by atoms with Crippen LogP contribution in [0, 0.1) is 5.92 Å². The number of hydrogen-bond acceptors (Lipinski definition) is 9. The summed E-state index contributed by atoms with van der Waals surface area (Å²) in [5.41, 5.74) is -0.918. The van der Waals surface area contributed by atoms with E-state index < -0.39 is 42.0 Å². The normalized spacial score (nSPS) is 33.9. The summed E-state index contributed by atoms with van der Waals surface area (Å²) in [5.74, 6) is 0.870. The minimum Gasteiger partial charge on any atom is -0.497 e. The number of likely N-dealkylation sites (tertiary alicyclic amines) is 1. The number of carbonyl (C=O) groups excluding carboxylic acids is 1. The van der Waals surface area contributed by atoms with Gasteiger partial charge in [0, 0.05) is 11.4 Å². The lowest BCUT2D eigenvalue weighted by atomic mass is 9.92. The Morgan fingerprint density at radius 2 is 1.91 bits per heavy atom. The van der Waals surface area contributed by atoms with E-state index in [4.69, 9.17) is 9.47 Å². The fourth-order valence-electron chi connectivity index (χ4n) is 4.82.